The van der Waals surface area contributed by atoms with E-state index in [0.29, 0.717) is 17.3 Å². The summed E-state index contributed by atoms with van der Waals surface area (Å²) in [6.07, 6.45) is 0.275. The van der Waals surface area contributed by atoms with E-state index < -0.39 is 6.04 Å². The van der Waals surface area contributed by atoms with Crippen molar-refractivity contribution in [1.82, 2.24) is 5.32 Å². The van der Waals surface area contributed by atoms with Gasteiger partial charge in [-0.05, 0) is 39.5 Å². The monoisotopic (exact) mass is 372 g/mol. The van der Waals surface area contributed by atoms with E-state index >= 15 is 0 Å². The number of hydrogen-bond donors (Lipinski definition) is 1. The van der Waals surface area contributed by atoms with Crippen molar-refractivity contribution in [3.63, 3.8) is 0 Å². The van der Waals surface area contributed by atoms with Crippen molar-refractivity contribution < 1.29 is 9.59 Å². The average molecular weight is 374 g/mol. The van der Waals surface area contributed by atoms with Crippen LogP contribution in [-0.4, -0.2) is 24.4 Å². The molecule has 1 aromatic carbocycles. The van der Waals surface area contributed by atoms with Gasteiger partial charge in [0.2, 0.25) is 11.8 Å². The molecule has 2 rings (SSSR count). The van der Waals surface area contributed by atoms with E-state index in [1.54, 1.807) is 23.1 Å². The highest BCUT2D eigenvalue weighted by Crippen LogP contribution is 2.32. The maximum absolute atomic E-state index is 12.8. The molecule has 1 N–H and O–H groups in total. The van der Waals surface area contributed by atoms with Gasteiger partial charge in [-0.2, -0.15) is 0 Å². The Hall–Kier alpha value is -1.07. The van der Waals surface area contributed by atoms with Gasteiger partial charge in [-0.3, -0.25) is 9.59 Å². The van der Waals surface area contributed by atoms with E-state index in [4.69, 9.17) is 11.6 Å². The highest BCUT2D eigenvalue weighted by atomic mass is 79.9. The molecule has 4 nitrogen and oxygen atoms in total. The van der Waals surface area contributed by atoms with E-state index in [2.05, 4.69) is 21.2 Å². The fraction of sp³-hybridized carbons (Fsp3) is 0.467. The van der Waals surface area contributed by atoms with Crippen molar-refractivity contribution in [1.29, 1.82) is 0 Å². The Balaban J connectivity index is 2.45. The summed E-state index contributed by atoms with van der Waals surface area (Å²) in [5, 5.41) is 3.38. The van der Waals surface area contributed by atoms with Crippen molar-refractivity contribution in [3.05, 3.63) is 27.7 Å². The van der Waals surface area contributed by atoms with E-state index in [1.807, 2.05) is 20.8 Å². The maximum Gasteiger partial charge on any atom is 0.250 e. The third-order valence-electron chi connectivity index (χ3n) is 3.45. The molecule has 0 aliphatic carbocycles. The first-order chi connectivity index (χ1) is 9.70. The summed E-state index contributed by atoms with van der Waals surface area (Å²) in [6, 6.07) is 4.73. The van der Waals surface area contributed by atoms with Crippen molar-refractivity contribution in [2.75, 3.05) is 11.4 Å². The van der Waals surface area contributed by atoms with Gasteiger partial charge in [0.25, 0.3) is 0 Å². The molecule has 1 aliphatic rings. The van der Waals surface area contributed by atoms with Crippen LogP contribution in [0.2, 0.25) is 5.02 Å². The Kier molecular flexibility index (Phi) is 4.63. The first kappa shape index (κ1) is 16.3. The number of hydrogen-bond acceptors (Lipinski definition) is 2. The molecule has 1 atom stereocenters. The number of nitrogens with zero attached hydrogens (tertiary/aromatic N) is 1. The standard InChI is InChI=1S/C15H18BrClN2O2/c1-15(2,3)13-14(21)19(7-6-12(20)18-13)11-8-9(17)4-5-10(11)16/h4-5,8,13H,6-7H2,1-3H3,(H,18,20). The molecule has 0 aromatic heterocycles. The predicted molar refractivity (Wildman–Crippen MR) is 87.5 cm³/mol. The Labute approximate surface area is 138 Å². The summed E-state index contributed by atoms with van der Waals surface area (Å²) < 4.78 is 0.780. The third-order valence-corrected chi connectivity index (χ3v) is 4.35. The number of carbonyl (C=O) groups is 2. The molecule has 1 heterocycles. The van der Waals surface area contributed by atoms with Gasteiger partial charge in [-0.25, -0.2) is 0 Å². The van der Waals surface area contributed by atoms with Crippen LogP contribution in [0.5, 0.6) is 0 Å². The zero-order valence-corrected chi connectivity index (χ0v) is 14.6. The second kappa shape index (κ2) is 5.97. The van der Waals surface area contributed by atoms with Crippen LogP contribution >= 0.6 is 27.5 Å². The summed E-state index contributed by atoms with van der Waals surface area (Å²) in [7, 11) is 0. The number of nitrogens with one attached hydrogen (secondary N) is 1. The number of anilines is 1. The van der Waals surface area contributed by atoms with Gasteiger partial charge in [-0.15, -0.1) is 0 Å². The Morgan fingerprint density at radius 3 is 2.62 bits per heavy atom. The SMILES string of the molecule is CC(C)(C)C1NC(=O)CCN(c2cc(Cl)ccc2Br)C1=O. The van der Waals surface area contributed by atoms with Crippen LogP contribution in [0.15, 0.2) is 22.7 Å². The second-order valence-corrected chi connectivity index (χ2v) is 7.49. The smallest absolute Gasteiger partial charge is 0.250 e. The summed E-state index contributed by atoms with van der Waals surface area (Å²) in [6.45, 7) is 6.15. The van der Waals surface area contributed by atoms with Crippen molar-refractivity contribution in [2.24, 2.45) is 5.41 Å². The van der Waals surface area contributed by atoms with Crippen LogP contribution in [0.1, 0.15) is 27.2 Å². The molecule has 2 amide bonds. The highest BCUT2D eigenvalue weighted by Gasteiger charge is 2.38. The normalized spacial score (nSPS) is 20.2. The Morgan fingerprint density at radius 1 is 1.33 bits per heavy atom. The fourth-order valence-electron chi connectivity index (χ4n) is 2.29. The quantitative estimate of drug-likeness (QED) is 0.820. The third kappa shape index (κ3) is 3.58. The number of halogens is 2. The second-order valence-electron chi connectivity index (χ2n) is 6.20. The zero-order chi connectivity index (χ0) is 15.8. The van der Waals surface area contributed by atoms with Crippen LogP contribution in [0.25, 0.3) is 0 Å². The molecule has 0 radical (unpaired) electrons. The molecule has 0 bridgehead atoms. The molecule has 1 fully saturated rings. The highest BCUT2D eigenvalue weighted by molar-refractivity contribution is 9.10. The van der Waals surface area contributed by atoms with Gasteiger partial charge in [0.05, 0.1) is 5.69 Å². The Bertz CT molecular complexity index is 584. The van der Waals surface area contributed by atoms with Crippen molar-refractivity contribution >= 4 is 45.0 Å². The molecule has 0 spiro atoms. The van der Waals surface area contributed by atoms with Crippen LogP contribution in [-0.2, 0) is 9.59 Å². The molecule has 1 aromatic rings. The van der Waals surface area contributed by atoms with Gasteiger partial charge in [0, 0.05) is 22.5 Å². The van der Waals surface area contributed by atoms with Gasteiger partial charge in [-0.1, -0.05) is 32.4 Å². The first-order valence-electron chi connectivity index (χ1n) is 6.76. The minimum Gasteiger partial charge on any atom is -0.344 e. The lowest BCUT2D eigenvalue weighted by molar-refractivity contribution is -0.127. The number of rotatable bonds is 1. The molecule has 1 unspecified atom stereocenters. The largest absolute Gasteiger partial charge is 0.344 e. The predicted octanol–water partition coefficient (Wildman–Crippen LogP) is 3.37. The lowest BCUT2D eigenvalue weighted by atomic mass is 9.86. The fourth-order valence-corrected chi connectivity index (χ4v) is 2.92. The first-order valence-corrected chi connectivity index (χ1v) is 7.93. The van der Waals surface area contributed by atoms with E-state index in [-0.39, 0.29) is 23.7 Å². The van der Waals surface area contributed by atoms with Crippen LogP contribution < -0.4 is 10.2 Å². The molecule has 1 saturated heterocycles. The molecule has 0 saturated carbocycles. The Morgan fingerprint density at radius 2 is 2.00 bits per heavy atom. The summed E-state index contributed by atoms with van der Waals surface area (Å²) in [5.74, 6) is -0.222. The van der Waals surface area contributed by atoms with Crippen LogP contribution in [0.4, 0.5) is 5.69 Å². The lowest BCUT2D eigenvalue weighted by Crippen LogP contribution is -2.52. The number of carbonyl (C=O) groups excluding carboxylic acids is 2. The molecule has 1 aliphatic heterocycles. The minimum atomic E-state index is -0.557. The van der Waals surface area contributed by atoms with Gasteiger partial charge in [0.15, 0.2) is 0 Å². The maximum atomic E-state index is 12.8. The van der Waals surface area contributed by atoms with E-state index in [9.17, 15) is 9.59 Å². The topological polar surface area (TPSA) is 49.4 Å². The average Bonchev–Trinajstić information content (AvgIpc) is 2.52. The minimum absolute atomic E-state index is 0.107. The zero-order valence-electron chi connectivity index (χ0n) is 12.2. The van der Waals surface area contributed by atoms with Crippen LogP contribution in [0.3, 0.4) is 0 Å². The summed E-state index contributed by atoms with van der Waals surface area (Å²) >= 11 is 9.48. The molecule has 114 valence electrons. The van der Waals surface area contributed by atoms with E-state index in [1.165, 1.54) is 0 Å². The summed E-state index contributed by atoms with van der Waals surface area (Å²) in [5.41, 5.74) is 0.332. The van der Waals surface area contributed by atoms with Crippen LogP contribution in [0, 0.1) is 5.41 Å². The summed E-state index contributed by atoms with van der Waals surface area (Å²) in [4.78, 5) is 26.4. The molecular formula is C15H18BrClN2O2. The molecule has 6 heteroatoms. The lowest BCUT2D eigenvalue weighted by Gasteiger charge is -2.32. The number of amides is 2. The van der Waals surface area contributed by atoms with Gasteiger partial charge in [0.1, 0.15) is 6.04 Å². The van der Waals surface area contributed by atoms with E-state index in [0.717, 1.165) is 4.47 Å². The van der Waals surface area contributed by atoms with Gasteiger partial charge < -0.3 is 10.2 Å². The number of benzene rings is 1. The van der Waals surface area contributed by atoms with Crippen molar-refractivity contribution in [2.45, 2.75) is 33.2 Å². The molecular weight excluding hydrogens is 356 g/mol. The van der Waals surface area contributed by atoms with Crippen molar-refractivity contribution in [3.8, 4) is 0 Å². The molecule has 21 heavy (non-hydrogen) atoms. The van der Waals surface area contributed by atoms with Gasteiger partial charge >= 0.3 is 0 Å².